The van der Waals surface area contributed by atoms with Crippen molar-refractivity contribution in [1.82, 2.24) is 4.90 Å². The van der Waals surface area contributed by atoms with Gasteiger partial charge in [0.1, 0.15) is 6.10 Å². The second-order valence-electron chi connectivity index (χ2n) is 4.66. The number of nitrogens with two attached hydrogens (primary N) is 1. The average molecular weight is 264 g/mol. The summed E-state index contributed by atoms with van der Waals surface area (Å²) in [7, 11) is 3.31. The van der Waals surface area contributed by atoms with Crippen molar-refractivity contribution in [3.8, 4) is 0 Å². The minimum absolute atomic E-state index is 0.0373. The van der Waals surface area contributed by atoms with Crippen LogP contribution in [0, 0.1) is 0 Å². The lowest BCUT2D eigenvalue weighted by Gasteiger charge is -2.21. The lowest BCUT2D eigenvalue weighted by atomic mass is 10.1. The number of nitrogens with zero attached hydrogens (tertiary/aromatic N) is 1. The van der Waals surface area contributed by atoms with Gasteiger partial charge in [-0.2, -0.15) is 0 Å². The van der Waals surface area contributed by atoms with Gasteiger partial charge >= 0.3 is 0 Å². The maximum Gasteiger partial charge on any atom is 0.252 e. The van der Waals surface area contributed by atoms with E-state index in [0.29, 0.717) is 0 Å². The first-order valence-electron chi connectivity index (χ1n) is 6.70. The molecule has 19 heavy (non-hydrogen) atoms. The van der Waals surface area contributed by atoms with Gasteiger partial charge in [0.25, 0.3) is 5.91 Å². The first-order chi connectivity index (χ1) is 9.19. The Morgan fingerprint density at radius 2 is 2.00 bits per heavy atom. The molecule has 1 amide bonds. The fourth-order valence-electron chi connectivity index (χ4n) is 1.98. The van der Waals surface area contributed by atoms with Crippen LogP contribution in [0.25, 0.3) is 0 Å². The zero-order valence-electron chi connectivity index (χ0n) is 11.8. The number of ether oxygens (including phenoxy) is 1. The number of aryl methyl sites for hydroxylation is 1. The topological polar surface area (TPSA) is 55.6 Å². The molecular weight excluding hydrogens is 240 g/mol. The van der Waals surface area contributed by atoms with E-state index in [1.807, 2.05) is 6.07 Å². The van der Waals surface area contributed by atoms with Crippen LogP contribution in [0.2, 0.25) is 0 Å². The number of carbonyl (C=O) groups is 1. The van der Waals surface area contributed by atoms with Crippen LogP contribution in [0.5, 0.6) is 0 Å². The Morgan fingerprint density at radius 3 is 2.58 bits per heavy atom. The summed E-state index contributed by atoms with van der Waals surface area (Å²) in [6.45, 7) is 0.967. The van der Waals surface area contributed by atoms with Gasteiger partial charge in [-0.1, -0.05) is 30.3 Å². The largest absolute Gasteiger partial charge is 0.370 e. The van der Waals surface area contributed by atoms with E-state index >= 15 is 0 Å². The summed E-state index contributed by atoms with van der Waals surface area (Å²) in [6.07, 6.45) is 2.59. The van der Waals surface area contributed by atoms with Crippen LogP contribution in [0.4, 0.5) is 0 Å². The number of hydrogen-bond donors (Lipinski definition) is 1. The van der Waals surface area contributed by atoms with E-state index in [1.165, 1.54) is 12.7 Å². The van der Waals surface area contributed by atoms with Crippen molar-refractivity contribution >= 4 is 5.91 Å². The molecule has 106 valence electrons. The van der Waals surface area contributed by atoms with Crippen LogP contribution in [0.15, 0.2) is 30.3 Å². The van der Waals surface area contributed by atoms with Gasteiger partial charge in [-0.3, -0.25) is 4.79 Å². The average Bonchev–Trinajstić information content (AvgIpc) is 2.45. The van der Waals surface area contributed by atoms with Gasteiger partial charge in [-0.05, 0) is 24.8 Å². The second-order valence-corrected chi connectivity index (χ2v) is 4.66. The Labute approximate surface area is 115 Å². The SMILES string of the molecule is COC(CN)C(=O)N(C)CCCCc1ccccc1. The lowest BCUT2D eigenvalue weighted by molar-refractivity contribution is -0.140. The van der Waals surface area contributed by atoms with Gasteiger partial charge in [-0.25, -0.2) is 0 Å². The highest BCUT2D eigenvalue weighted by molar-refractivity contribution is 5.80. The molecule has 2 N–H and O–H groups in total. The molecule has 4 nitrogen and oxygen atoms in total. The number of benzene rings is 1. The molecule has 1 atom stereocenters. The summed E-state index contributed by atoms with van der Waals surface area (Å²) in [5, 5.41) is 0. The normalized spacial score (nSPS) is 12.2. The Hall–Kier alpha value is -1.39. The number of hydrogen-bond acceptors (Lipinski definition) is 3. The molecule has 0 radical (unpaired) electrons. The summed E-state index contributed by atoms with van der Waals surface area (Å²) in [6, 6.07) is 10.4. The van der Waals surface area contributed by atoms with Crippen LogP contribution in [0.1, 0.15) is 18.4 Å². The van der Waals surface area contributed by atoms with Crippen LogP contribution < -0.4 is 5.73 Å². The third-order valence-electron chi connectivity index (χ3n) is 3.20. The van der Waals surface area contributed by atoms with Crippen molar-refractivity contribution < 1.29 is 9.53 Å². The Balaban J connectivity index is 2.23. The molecule has 0 saturated heterocycles. The molecule has 0 heterocycles. The smallest absolute Gasteiger partial charge is 0.252 e. The molecule has 1 aromatic carbocycles. The van der Waals surface area contributed by atoms with E-state index in [9.17, 15) is 4.79 Å². The third kappa shape index (κ3) is 5.41. The highest BCUT2D eigenvalue weighted by Gasteiger charge is 2.19. The number of methoxy groups -OCH3 is 1. The van der Waals surface area contributed by atoms with E-state index in [4.69, 9.17) is 10.5 Å². The maximum atomic E-state index is 11.9. The van der Waals surface area contributed by atoms with Crippen molar-refractivity contribution in [3.05, 3.63) is 35.9 Å². The number of carbonyl (C=O) groups excluding carboxylic acids is 1. The van der Waals surface area contributed by atoms with Crippen LogP contribution in [-0.4, -0.2) is 44.2 Å². The fraction of sp³-hybridized carbons (Fsp3) is 0.533. The molecule has 0 spiro atoms. The summed E-state index contributed by atoms with van der Waals surface area (Å²) >= 11 is 0. The zero-order valence-corrected chi connectivity index (χ0v) is 11.8. The van der Waals surface area contributed by atoms with Crippen molar-refractivity contribution in [2.75, 3.05) is 27.2 Å². The highest BCUT2D eigenvalue weighted by Crippen LogP contribution is 2.05. The summed E-state index contributed by atoms with van der Waals surface area (Å²) in [5.41, 5.74) is 6.82. The van der Waals surface area contributed by atoms with Crippen LogP contribution in [-0.2, 0) is 16.0 Å². The zero-order chi connectivity index (χ0) is 14.1. The Bertz CT molecular complexity index is 364. The van der Waals surface area contributed by atoms with Crippen molar-refractivity contribution in [2.45, 2.75) is 25.4 Å². The summed E-state index contributed by atoms with van der Waals surface area (Å²) in [4.78, 5) is 13.6. The van der Waals surface area contributed by atoms with E-state index in [2.05, 4.69) is 24.3 Å². The monoisotopic (exact) mass is 264 g/mol. The quantitative estimate of drug-likeness (QED) is 0.723. The number of likely N-dealkylation sites (N-methyl/N-ethyl adjacent to an activating group) is 1. The number of unbranched alkanes of at least 4 members (excludes halogenated alkanes) is 1. The van der Waals surface area contributed by atoms with Crippen LogP contribution in [0.3, 0.4) is 0 Å². The predicted octanol–water partition coefficient (Wildman–Crippen LogP) is 1.44. The van der Waals surface area contributed by atoms with Gasteiger partial charge in [0, 0.05) is 27.2 Å². The molecule has 0 aliphatic heterocycles. The second kappa shape index (κ2) is 8.67. The molecule has 0 bridgehead atoms. The molecule has 0 saturated carbocycles. The summed E-state index contributed by atoms with van der Waals surface area (Å²) < 4.78 is 5.04. The van der Waals surface area contributed by atoms with Crippen molar-refractivity contribution in [3.63, 3.8) is 0 Å². The molecule has 0 aromatic heterocycles. The minimum atomic E-state index is -0.515. The minimum Gasteiger partial charge on any atom is -0.370 e. The number of amides is 1. The first-order valence-corrected chi connectivity index (χ1v) is 6.70. The molecular formula is C15H24N2O2. The van der Waals surface area contributed by atoms with E-state index in [1.54, 1.807) is 11.9 Å². The van der Waals surface area contributed by atoms with E-state index in [-0.39, 0.29) is 12.5 Å². The Kier molecular flexibility index (Phi) is 7.15. The van der Waals surface area contributed by atoms with E-state index in [0.717, 1.165) is 25.8 Å². The molecule has 0 aliphatic rings. The molecule has 1 rings (SSSR count). The van der Waals surface area contributed by atoms with Gasteiger partial charge in [-0.15, -0.1) is 0 Å². The fourth-order valence-corrected chi connectivity index (χ4v) is 1.98. The molecule has 0 fully saturated rings. The van der Waals surface area contributed by atoms with Gasteiger partial charge < -0.3 is 15.4 Å². The lowest BCUT2D eigenvalue weighted by Crippen LogP contribution is -2.42. The van der Waals surface area contributed by atoms with E-state index < -0.39 is 6.10 Å². The standard InChI is InChI=1S/C15H24N2O2/c1-17(15(18)14(12-16)19-2)11-7-6-10-13-8-4-3-5-9-13/h3-5,8-9,14H,6-7,10-12,16H2,1-2H3. The maximum absolute atomic E-state index is 11.9. The molecule has 1 unspecified atom stereocenters. The summed E-state index contributed by atoms with van der Waals surface area (Å²) in [5.74, 6) is -0.0373. The number of rotatable bonds is 8. The Morgan fingerprint density at radius 1 is 1.32 bits per heavy atom. The predicted molar refractivity (Wildman–Crippen MR) is 76.9 cm³/mol. The molecule has 1 aromatic rings. The highest BCUT2D eigenvalue weighted by atomic mass is 16.5. The van der Waals surface area contributed by atoms with Gasteiger partial charge in [0.05, 0.1) is 0 Å². The third-order valence-corrected chi connectivity index (χ3v) is 3.20. The van der Waals surface area contributed by atoms with Gasteiger partial charge in [0.15, 0.2) is 0 Å². The molecule has 0 aliphatic carbocycles. The van der Waals surface area contributed by atoms with Crippen molar-refractivity contribution in [2.24, 2.45) is 5.73 Å². The van der Waals surface area contributed by atoms with Crippen LogP contribution >= 0.6 is 0 Å². The first kappa shape index (κ1) is 15.7. The van der Waals surface area contributed by atoms with Gasteiger partial charge in [0.2, 0.25) is 0 Å². The molecule has 4 heteroatoms. The van der Waals surface area contributed by atoms with Crippen molar-refractivity contribution in [1.29, 1.82) is 0 Å².